The van der Waals surface area contributed by atoms with Crippen molar-refractivity contribution in [2.45, 2.75) is 6.42 Å². The Kier molecular flexibility index (Phi) is 3.36. The van der Waals surface area contributed by atoms with Crippen LogP contribution in [0.3, 0.4) is 0 Å². The van der Waals surface area contributed by atoms with E-state index in [4.69, 9.17) is 11.6 Å². The predicted octanol–water partition coefficient (Wildman–Crippen LogP) is 3.83. The molecule has 0 saturated heterocycles. The molecule has 20 heavy (non-hydrogen) atoms. The highest BCUT2D eigenvalue weighted by Gasteiger charge is 2.20. The Bertz CT molecular complexity index is 743. The van der Waals surface area contributed by atoms with E-state index < -0.39 is 0 Å². The van der Waals surface area contributed by atoms with Gasteiger partial charge in [0.25, 0.3) is 0 Å². The summed E-state index contributed by atoms with van der Waals surface area (Å²) in [5.41, 5.74) is 2.67. The Morgan fingerprint density at radius 2 is 2.00 bits per heavy atom. The van der Waals surface area contributed by atoms with Gasteiger partial charge < -0.3 is 5.32 Å². The molecule has 1 amide bonds. The van der Waals surface area contributed by atoms with E-state index in [1.165, 1.54) is 0 Å². The van der Waals surface area contributed by atoms with Gasteiger partial charge in [-0.25, -0.2) is 0 Å². The third kappa shape index (κ3) is 2.37. The van der Waals surface area contributed by atoms with E-state index in [1.54, 1.807) is 36.4 Å². The number of carbonyl (C=O) groups excluding carboxylic acids is 2. The molecule has 0 aliphatic carbocycles. The first kappa shape index (κ1) is 13.3. The van der Waals surface area contributed by atoms with E-state index in [-0.39, 0.29) is 11.7 Å². The van der Waals surface area contributed by atoms with E-state index in [9.17, 15) is 9.59 Å². The molecule has 0 spiro atoms. The number of nitrogens with one attached hydrogen (secondary N) is 1. The number of carbonyl (C=O) groups is 2. The van der Waals surface area contributed by atoms with E-state index in [0.717, 1.165) is 11.3 Å². The molecule has 2 aromatic rings. The maximum absolute atomic E-state index is 12.5. The average molecular weight is 351 g/mol. The number of anilines is 1. The second kappa shape index (κ2) is 5.04. The Morgan fingerprint density at radius 3 is 2.80 bits per heavy atom. The van der Waals surface area contributed by atoms with Crippen LogP contribution in [0.4, 0.5) is 5.69 Å². The monoisotopic (exact) mass is 349 g/mol. The summed E-state index contributed by atoms with van der Waals surface area (Å²) in [5.74, 6) is -0.171. The lowest BCUT2D eigenvalue weighted by Crippen LogP contribution is -2.03. The standard InChI is InChI=1S/C15H9BrClNO2/c16-12-3-2-10(17)7-11(12)15(20)8-1-4-13-9(5-8)6-14(19)18-13/h1-5,7H,6H2,(H,18,19). The molecule has 1 aliphatic heterocycles. The summed E-state index contributed by atoms with van der Waals surface area (Å²) in [6.07, 6.45) is 0.313. The molecule has 1 aliphatic rings. The first-order valence-electron chi connectivity index (χ1n) is 5.97. The largest absolute Gasteiger partial charge is 0.326 e. The van der Waals surface area contributed by atoms with Crippen LogP contribution >= 0.6 is 27.5 Å². The lowest BCUT2D eigenvalue weighted by atomic mass is 10.0. The summed E-state index contributed by atoms with van der Waals surface area (Å²) in [7, 11) is 0. The van der Waals surface area contributed by atoms with Gasteiger partial charge in [0.05, 0.1) is 6.42 Å². The molecule has 0 radical (unpaired) electrons. The van der Waals surface area contributed by atoms with Crippen LogP contribution in [0.15, 0.2) is 40.9 Å². The topological polar surface area (TPSA) is 46.2 Å². The smallest absolute Gasteiger partial charge is 0.228 e. The van der Waals surface area contributed by atoms with Crippen molar-refractivity contribution in [3.05, 3.63) is 62.6 Å². The minimum Gasteiger partial charge on any atom is -0.326 e. The molecule has 0 bridgehead atoms. The average Bonchev–Trinajstić information content (AvgIpc) is 2.79. The van der Waals surface area contributed by atoms with Gasteiger partial charge in [0.1, 0.15) is 0 Å². The number of benzene rings is 2. The maximum Gasteiger partial charge on any atom is 0.228 e. The van der Waals surface area contributed by atoms with Gasteiger partial charge in [0.2, 0.25) is 5.91 Å². The molecule has 1 N–H and O–H groups in total. The minimum atomic E-state index is -0.124. The van der Waals surface area contributed by atoms with E-state index >= 15 is 0 Å². The van der Waals surface area contributed by atoms with Crippen LogP contribution < -0.4 is 5.32 Å². The molecule has 0 aromatic heterocycles. The van der Waals surface area contributed by atoms with Gasteiger partial charge in [-0.1, -0.05) is 27.5 Å². The van der Waals surface area contributed by atoms with Gasteiger partial charge in [0, 0.05) is 26.3 Å². The summed E-state index contributed by atoms with van der Waals surface area (Å²) < 4.78 is 0.696. The Hall–Kier alpha value is -1.65. The summed E-state index contributed by atoms with van der Waals surface area (Å²) >= 11 is 9.29. The number of rotatable bonds is 2. The van der Waals surface area contributed by atoms with E-state index in [0.29, 0.717) is 27.0 Å². The number of amides is 1. The van der Waals surface area contributed by atoms with Crippen LogP contribution in [-0.4, -0.2) is 11.7 Å². The molecule has 0 saturated carbocycles. The van der Waals surface area contributed by atoms with Crippen molar-refractivity contribution in [3.63, 3.8) is 0 Å². The minimum absolute atomic E-state index is 0.0477. The van der Waals surface area contributed by atoms with Crippen molar-refractivity contribution in [1.82, 2.24) is 0 Å². The first-order chi connectivity index (χ1) is 9.54. The molecular weight excluding hydrogens is 342 g/mol. The fraction of sp³-hybridized carbons (Fsp3) is 0.0667. The Labute approximate surface area is 129 Å². The molecular formula is C15H9BrClNO2. The normalized spacial score (nSPS) is 13.0. The molecule has 2 aromatic carbocycles. The van der Waals surface area contributed by atoms with Crippen LogP contribution in [0.2, 0.25) is 5.02 Å². The van der Waals surface area contributed by atoms with Gasteiger partial charge in [0.15, 0.2) is 5.78 Å². The lowest BCUT2D eigenvalue weighted by Gasteiger charge is -2.06. The molecule has 3 nitrogen and oxygen atoms in total. The van der Waals surface area contributed by atoms with Crippen molar-refractivity contribution >= 4 is 44.9 Å². The van der Waals surface area contributed by atoms with Gasteiger partial charge in [-0.3, -0.25) is 9.59 Å². The van der Waals surface area contributed by atoms with Crippen LogP contribution in [0, 0.1) is 0 Å². The highest BCUT2D eigenvalue weighted by Crippen LogP contribution is 2.27. The van der Waals surface area contributed by atoms with Gasteiger partial charge in [-0.05, 0) is 42.0 Å². The third-order valence-corrected chi connectivity index (χ3v) is 4.09. The van der Waals surface area contributed by atoms with Gasteiger partial charge >= 0.3 is 0 Å². The quantitative estimate of drug-likeness (QED) is 0.837. The van der Waals surface area contributed by atoms with Crippen molar-refractivity contribution in [3.8, 4) is 0 Å². The number of hydrogen-bond acceptors (Lipinski definition) is 2. The molecule has 0 unspecified atom stereocenters. The maximum atomic E-state index is 12.5. The van der Waals surface area contributed by atoms with Crippen molar-refractivity contribution in [1.29, 1.82) is 0 Å². The highest BCUT2D eigenvalue weighted by molar-refractivity contribution is 9.10. The summed E-state index contributed by atoms with van der Waals surface area (Å²) in [4.78, 5) is 23.8. The molecule has 1 heterocycles. The van der Waals surface area contributed by atoms with Crippen LogP contribution in [-0.2, 0) is 11.2 Å². The zero-order valence-electron chi connectivity index (χ0n) is 10.2. The Morgan fingerprint density at radius 1 is 1.20 bits per heavy atom. The van der Waals surface area contributed by atoms with Gasteiger partial charge in [-0.15, -0.1) is 0 Å². The summed E-state index contributed by atoms with van der Waals surface area (Å²) in [6, 6.07) is 10.3. The van der Waals surface area contributed by atoms with Crippen LogP contribution in [0.5, 0.6) is 0 Å². The van der Waals surface area contributed by atoms with Gasteiger partial charge in [-0.2, -0.15) is 0 Å². The number of ketones is 1. The summed E-state index contributed by atoms with van der Waals surface area (Å²) in [5, 5.41) is 3.25. The molecule has 100 valence electrons. The molecule has 3 rings (SSSR count). The first-order valence-corrected chi connectivity index (χ1v) is 7.14. The fourth-order valence-electron chi connectivity index (χ4n) is 2.20. The second-order valence-electron chi connectivity index (χ2n) is 4.55. The number of hydrogen-bond donors (Lipinski definition) is 1. The Balaban J connectivity index is 2.01. The van der Waals surface area contributed by atoms with Crippen LogP contribution in [0.1, 0.15) is 21.5 Å². The number of fused-ring (bicyclic) bond motifs is 1. The SMILES string of the molecule is O=C1Cc2cc(C(=O)c3cc(Cl)ccc3Br)ccc2N1. The number of halogens is 2. The zero-order chi connectivity index (χ0) is 14.3. The fourth-order valence-corrected chi connectivity index (χ4v) is 2.80. The van der Waals surface area contributed by atoms with Crippen molar-refractivity contribution < 1.29 is 9.59 Å². The zero-order valence-corrected chi connectivity index (χ0v) is 12.6. The molecule has 5 heteroatoms. The van der Waals surface area contributed by atoms with Crippen molar-refractivity contribution in [2.75, 3.05) is 5.32 Å². The second-order valence-corrected chi connectivity index (χ2v) is 5.84. The molecule has 0 atom stereocenters. The van der Waals surface area contributed by atoms with Crippen LogP contribution in [0.25, 0.3) is 0 Å². The van der Waals surface area contributed by atoms with E-state index in [1.807, 2.05) is 0 Å². The summed E-state index contributed by atoms with van der Waals surface area (Å²) in [6.45, 7) is 0. The lowest BCUT2D eigenvalue weighted by molar-refractivity contribution is -0.115. The molecule has 0 fully saturated rings. The van der Waals surface area contributed by atoms with E-state index in [2.05, 4.69) is 21.2 Å². The van der Waals surface area contributed by atoms with Crippen molar-refractivity contribution in [2.24, 2.45) is 0 Å². The predicted molar refractivity (Wildman–Crippen MR) is 81.4 cm³/mol. The third-order valence-electron chi connectivity index (χ3n) is 3.17. The highest BCUT2D eigenvalue weighted by atomic mass is 79.9.